The molecule has 4 rings (SSSR count). The highest BCUT2D eigenvalue weighted by molar-refractivity contribution is 6.00. The Labute approximate surface area is 180 Å². The van der Waals surface area contributed by atoms with Crippen LogP contribution in [0.4, 0.5) is 0 Å². The van der Waals surface area contributed by atoms with Crippen LogP contribution in [-0.4, -0.2) is 29.5 Å². The van der Waals surface area contributed by atoms with E-state index in [0.29, 0.717) is 17.8 Å². The first-order chi connectivity index (χ1) is 15.0. The predicted molar refractivity (Wildman–Crippen MR) is 117 cm³/mol. The molecule has 0 aliphatic carbocycles. The van der Waals surface area contributed by atoms with E-state index >= 15 is 0 Å². The molecule has 0 atom stereocenters. The average molecular weight is 417 g/mol. The molecule has 6 heteroatoms. The number of ketones is 1. The second-order valence-corrected chi connectivity index (χ2v) is 7.19. The maximum absolute atomic E-state index is 12.8. The van der Waals surface area contributed by atoms with Crippen LogP contribution in [0.15, 0.2) is 65.1 Å². The van der Waals surface area contributed by atoms with Crippen molar-refractivity contribution in [3.63, 3.8) is 0 Å². The van der Waals surface area contributed by atoms with Gasteiger partial charge < -0.3 is 18.5 Å². The van der Waals surface area contributed by atoms with Gasteiger partial charge in [0.15, 0.2) is 6.61 Å². The lowest BCUT2D eigenvalue weighted by molar-refractivity contribution is 0.0446. The van der Waals surface area contributed by atoms with Gasteiger partial charge in [0.2, 0.25) is 11.5 Å². The minimum atomic E-state index is -0.662. The molecule has 31 heavy (non-hydrogen) atoms. The number of aryl methyl sites for hydroxylation is 1. The lowest BCUT2D eigenvalue weighted by Gasteiger charge is -2.11. The summed E-state index contributed by atoms with van der Waals surface area (Å²) in [4.78, 5) is 25.1. The molecule has 2 heterocycles. The van der Waals surface area contributed by atoms with Gasteiger partial charge in [-0.15, -0.1) is 0 Å². The van der Waals surface area contributed by atoms with Crippen LogP contribution >= 0.6 is 0 Å². The fourth-order valence-corrected chi connectivity index (χ4v) is 3.66. The van der Waals surface area contributed by atoms with Crippen LogP contribution in [0.2, 0.25) is 0 Å². The van der Waals surface area contributed by atoms with E-state index < -0.39 is 5.97 Å². The number of hydrogen-bond acceptors (Lipinski definition) is 5. The Kier molecular flexibility index (Phi) is 5.62. The predicted octanol–water partition coefficient (Wildman–Crippen LogP) is 5.28. The summed E-state index contributed by atoms with van der Waals surface area (Å²) in [7, 11) is 0. The molecule has 0 saturated carbocycles. The molecule has 0 radical (unpaired) electrons. The first-order valence-corrected chi connectivity index (χ1v) is 10.1. The molecule has 0 N–H and O–H groups in total. The third-order valence-electron chi connectivity index (χ3n) is 5.10. The molecule has 6 nitrogen and oxygen atoms in total. The van der Waals surface area contributed by atoms with E-state index in [1.807, 2.05) is 73.9 Å². The second kappa shape index (κ2) is 8.52. The zero-order chi connectivity index (χ0) is 22.0. The Hall–Kier alpha value is -3.80. The van der Waals surface area contributed by atoms with Gasteiger partial charge in [0.1, 0.15) is 11.3 Å². The molecule has 2 aromatic heterocycles. The Morgan fingerprint density at radius 3 is 2.45 bits per heavy atom. The van der Waals surface area contributed by atoms with E-state index in [2.05, 4.69) is 0 Å². The summed E-state index contributed by atoms with van der Waals surface area (Å²) in [5.41, 5.74) is 3.74. The molecule has 0 saturated heterocycles. The minimum Gasteiger partial charge on any atom is -0.494 e. The normalized spacial score (nSPS) is 10.9. The Morgan fingerprint density at radius 1 is 1.00 bits per heavy atom. The summed E-state index contributed by atoms with van der Waals surface area (Å²) < 4.78 is 18.2. The molecule has 0 spiro atoms. The monoisotopic (exact) mass is 417 g/mol. The summed E-state index contributed by atoms with van der Waals surface area (Å²) in [6.07, 6.45) is 0. The first kappa shape index (κ1) is 20.5. The molecule has 0 aliphatic heterocycles. The number of carbonyl (C=O) groups excluding carboxylic acids is 2. The van der Waals surface area contributed by atoms with Crippen molar-refractivity contribution in [3.05, 3.63) is 83.4 Å². The molecule has 0 amide bonds. The maximum Gasteiger partial charge on any atom is 0.374 e. The van der Waals surface area contributed by atoms with Gasteiger partial charge in [-0.3, -0.25) is 4.79 Å². The highest BCUT2D eigenvalue weighted by Gasteiger charge is 2.20. The third-order valence-corrected chi connectivity index (χ3v) is 5.10. The molecule has 0 bridgehead atoms. The number of furan rings is 1. The number of ether oxygens (including phenoxy) is 2. The number of fused-ring (bicyclic) bond motifs is 1. The van der Waals surface area contributed by atoms with Crippen molar-refractivity contribution < 1.29 is 23.5 Å². The molecule has 158 valence electrons. The minimum absolute atomic E-state index is 0.0776. The lowest BCUT2D eigenvalue weighted by atomic mass is 10.1. The van der Waals surface area contributed by atoms with Crippen molar-refractivity contribution in [2.24, 2.45) is 0 Å². The van der Waals surface area contributed by atoms with Gasteiger partial charge in [-0.25, -0.2) is 4.79 Å². The van der Waals surface area contributed by atoms with E-state index in [1.165, 1.54) is 0 Å². The Bertz CT molecular complexity index is 1210. The summed E-state index contributed by atoms with van der Waals surface area (Å²) in [6, 6.07) is 18.4. The van der Waals surface area contributed by atoms with Crippen molar-refractivity contribution in [1.82, 2.24) is 4.57 Å². The van der Waals surface area contributed by atoms with Gasteiger partial charge in [0.25, 0.3) is 0 Å². The van der Waals surface area contributed by atoms with Crippen LogP contribution in [0.3, 0.4) is 0 Å². The van der Waals surface area contributed by atoms with Gasteiger partial charge in [0, 0.05) is 28.0 Å². The highest BCUT2D eigenvalue weighted by atomic mass is 16.5. The molecular weight excluding hydrogens is 394 g/mol. The number of Topliss-reactive ketones (excluding diaryl/α,β-unsaturated/α-hetero) is 1. The standard InChI is InChI=1S/C25H23NO5/c1-4-29-20-11-9-19(10-12-20)26-16(2)13-21(17(26)3)22(27)15-30-25(28)24-14-18-7-5-6-8-23(18)31-24/h5-14H,4,15H2,1-3H3. The topological polar surface area (TPSA) is 70.7 Å². The molecule has 0 aliphatic rings. The van der Waals surface area contributed by atoms with Crippen molar-refractivity contribution >= 4 is 22.7 Å². The van der Waals surface area contributed by atoms with Crippen molar-refractivity contribution in [3.8, 4) is 11.4 Å². The fourth-order valence-electron chi connectivity index (χ4n) is 3.66. The van der Waals surface area contributed by atoms with Gasteiger partial charge in [-0.05, 0) is 63.2 Å². The highest BCUT2D eigenvalue weighted by Crippen LogP contribution is 2.24. The first-order valence-electron chi connectivity index (χ1n) is 10.1. The summed E-state index contributed by atoms with van der Waals surface area (Å²) in [6.45, 7) is 5.99. The zero-order valence-electron chi connectivity index (χ0n) is 17.7. The molecule has 0 fully saturated rings. The number of esters is 1. The Balaban J connectivity index is 1.48. The van der Waals surface area contributed by atoms with Crippen molar-refractivity contribution in [2.75, 3.05) is 13.2 Å². The largest absolute Gasteiger partial charge is 0.494 e. The van der Waals surface area contributed by atoms with Crippen LogP contribution in [0.25, 0.3) is 16.7 Å². The van der Waals surface area contributed by atoms with Crippen LogP contribution in [0.1, 0.15) is 39.2 Å². The number of benzene rings is 2. The second-order valence-electron chi connectivity index (χ2n) is 7.19. The van der Waals surface area contributed by atoms with Gasteiger partial charge in [0.05, 0.1) is 6.61 Å². The van der Waals surface area contributed by atoms with Crippen LogP contribution < -0.4 is 4.74 Å². The number of rotatable bonds is 7. The molecule has 2 aromatic carbocycles. The van der Waals surface area contributed by atoms with Crippen molar-refractivity contribution in [1.29, 1.82) is 0 Å². The van der Waals surface area contributed by atoms with Crippen molar-refractivity contribution in [2.45, 2.75) is 20.8 Å². The van der Waals surface area contributed by atoms with E-state index in [9.17, 15) is 9.59 Å². The lowest BCUT2D eigenvalue weighted by Crippen LogP contribution is -2.14. The number of hydrogen-bond donors (Lipinski definition) is 0. The van der Waals surface area contributed by atoms with E-state index in [1.54, 1.807) is 12.1 Å². The number of carbonyl (C=O) groups is 2. The van der Waals surface area contributed by atoms with E-state index in [-0.39, 0.29) is 18.2 Å². The quantitative estimate of drug-likeness (QED) is 0.302. The van der Waals surface area contributed by atoms with Gasteiger partial charge >= 0.3 is 5.97 Å². The molecular formula is C25H23NO5. The number of para-hydroxylation sites is 1. The van der Waals surface area contributed by atoms with Crippen LogP contribution in [0, 0.1) is 13.8 Å². The van der Waals surface area contributed by atoms with E-state index in [4.69, 9.17) is 13.9 Å². The SMILES string of the molecule is CCOc1ccc(-n2c(C)cc(C(=O)COC(=O)c3cc4ccccc4o3)c2C)cc1. The van der Waals surface area contributed by atoms with E-state index in [0.717, 1.165) is 28.2 Å². The summed E-state index contributed by atoms with van der Waals surface area (Å²) >= 11 is 0. The van der Waals surface area contributed by atoms with Gasteiger partial charge in [-0.1, -0.05) is 18.2 Å². The number of nitrogens with zero attached hydrogens (tertiary/aromatic N) is 1. The average Bonchev–Trinajstić information content (AvgIpc) is 3.33. The smallest absolute Gasteiger partial charge is 0.374 e. The number of aromatic nitrogens is 1. The van der Waals surface area contributed by atoms with Crippen LogP contribution in [0.5, 0.6) is 5.75 Å². The third kappa shape index (κ3) is 4.10. The molecule has 0 unspecified atom stereocenters. The summed E-state index contributed by atoms with van der Waals surface area (Å²) in [5.74, 6) is -0.0593. The molecule has 4 aromatic rings. The zero-order valence-corrected chi connectivity index (χ0v) is 17.7. The maximum atomic E-state index is 12.8. The van der Waals surface area contributed by atoms with Crippen LogP contribution in [-0.2, 0) is 4.74 Å². The Morgan fingerprint density at radius 2 is 1.74 bits per heavy atom. The summed E-state index contributed by atoms with van der Waals surface area (Å²) in [5, 5.41) is 0.805. The fraction of sp³-hybridized carbons (Fsp3) is 0.200. The van der Waals surface area contributed by atoms with Gasteiger partial charge in [-0.2, -0.15) is 0 Å².